The Morgan fingerprint density at radius 3 is 2.61 bits per heavy atom. The van der Waals surface area contributed by atoms with Crippen LogP contribution in [-0.4, -0.2) is 74.6 Å². The minimum Gasteiger partial charge on any atom is -0.368 e. The molecule has 0 unspecified atom stereocenters. The molecule has 0 spiro atoms. The number of H-pyrrole nitrogens is 1. The second-order valence-corrected chi connectivity index (χ2v) is 7.69. The third-order valence-corrected chi connectivity index (χ3v) is 5.48. The van der Waals surface area contributed by atoms with E-state index in [9.17, 15) is 0 Å². The van der Waals surface area contributed by atoms with Gasteiger partial charge in [-0.25, -0.2) is 24.9 Å². The van der Waals surface area contributed by atoms with E-state index < -0.39 is 0 Å². The Balaban J connectivity index is 1.48. The molecular formula is C22H25N9. The quantitative estimate of drug-likeness (QED) is 0.495. The van der Waals surface area contributed by atoms with Gasteiger partial charge in [0.15, 0.2) is 22.8 Å². The molecule has 0 saturated carbocycles. The number of likely N-dealkylation sites (N-methyl/N-ethyl adjacent to an activating group) is 1. The highest BCUT2D eigenvalue weighted by Crippen LogP contribution is 2.24. The average molecular weight is 416 g/mol. The Morgan fingerprint density at radius 2 is 1.84 bits per heavy atom. The minimum atomic E-state index is 0.604. The molecule has 31 heavy (non-hydrogen) atoms. The number of hydrogen-bond donors (Lipinski definition) is 2. The number of rotatable bonds is 6. The Kier molecular flexibility index (Phi) is 5.40. The highest BCUT2D eigenvalue weighted by atomic mass is 15.3. The van der Waals surface area contributed by atoms with E-state index in [0.29, 0.717) is 29.4 Å². The molecule has 4 aromatic rings. The highest BCUT2D eigenvalue weighted by Gasteiger charge is 2.18. The molecule has 1 saturated heterocycles. The zero-order valence-electron chi connectivity index (χ0n) is 17.5. The van der Waals surface area contributed by atoms with Crippen LogP contribution in [0.5, 0.6) is 0 Å². The number of anilines is 2. The molecule has 0 amide bonds. The van der Waals surface area contributed by atoms with Crippen LogP contribution >= 0.6 is 0 Å². The van der Waals surface area contributed by atoms with Crippen LogP contribution in [0.4, 0.5) is 11.6 Å². The van der Waals surface area contributed by atoms with Crippen LogP contribution in [-0.2, 0) is 6.42 Å². The summed E-state index contributed by atoms with van der Waals surface area (Å²) >= 11 is 0. The van der Waals surface area contributed by atoms with E-state index in [1.165, 1.54) is 0 Å². The number of aromatic amines is 1. The highest BCUT2D eigenvalue weighted by molar-refractivity contribution is 5.85. The molecule has 1 aliphatic rings. The van der Waals surface area contributed by atoms with E-state index in [2.05, 4.69) is 32.1 Å². The lowest BCUT2D eigenvalue weighted by Crippen LogP contribution is -2.44. The van der Waals surface area contributed by atoms with Crippen molar-refractivity contribution in [3.8, 4) is 11.4 Å². The lowest BCUT2D eigenvalue weighted by Gasteiger charge is -2.32. The van der Waals surface area contributed by atoms with E-state index >= 15 is 0 Å². The van der Waals surface area contributed by atoms with Crippen LogP contribution in [0, 0.1) is 0 Å². The summed E-state index contributed by atoms with van der Waals surface area (Å²) in [6.45, 7) is 4.58. The first-order valence-corrected chi connectivity index (χ1v) is 10.5. The predicted molar refractivity (Wildman–Crippen MR) is 121 cm³/mol. The zero-order chi connectivity index (χ0) is 21.0. The van der Waals surface area contributed by atoms with E-state index in [0.717, 1.165) is 49.7 Å². The molecule has 1 fully saturated rings. The van der Waals surface area contributed by atoms with Crippen LogP contribution in [0.15, 0.2) is 49.1 Å². The lowest BCUT2D eigenvalue weighted by atomic mass is 10.2. The van der Waals surface area contributed by atoms with Crippen molar-refractivity contribution in [2.75, 3.05) is 50.0 Å². The summed E-state index contributed by atoms with van der Waals surface area (Å²) in [7, 11) is 2.14. The number of nitrogens with zero attached hydrogens (tertiary/aromatic N) is 7. The lowest BCUT2D eigenvalue weighted by molar-refractivity contribution is 0.312. The van der Waals surface area contributed by atoms with E-state index in [4.69, 9.17) is 19.9 Å². The molecule has 1 aromatic carbocycles. The number of piperazine rings is 1. The Hall–Kier alpha value is -3.59. The second kappa shape index (κ2) is 8.65. The van der Waals surface area contributed by atoms with Gasteiger partial charge in [0, 0.05) is 50.9 Å². The fraction of sp³-hybridized carbons (Fsp3) is 0.318. The van der Waals surface area contributed by atoms with Crippen LogP contribution < -0.4 is 10.2 Å². The summed E-state index contributed by atoms with van der Waals surface area (Å²) in [4.78, 5) is 30.9. The van der Waals surface area contributed by atoms with E-state index in [1.807, 2.05) is 42.7 Å². The second-order valence-electron chi connectivity index (χ2n) is 7.69. The third kappa shape index (κ3) is 4.31. The van der Waals surface area contributed by atoms with Gasteiger partial charge < -0.3 is 20.1 Å². The van der Waals surface area contributed by atoms with Crippen LogP contribution in [0.2, 0.25) is 0 Å². The smallest absolute Gasteiger partial charge is 0.186 e. The normalized spacial score (nSPS) is 14.8. The molecule has 5 rings (SSSR count). The molecule has 2 N–H and O–H groups in total. The Bertz CT molecular complexity index is 1140. The van der Waals surface area contributed by atoms with Crippen molar-refractivity contribution < 1.29 is 0 Å². The number of nitrogens with one attached hydrogen (secondary N) is 2. The maximum absolute atomic E-state index is 4.87. The van der Waals surface area contributed by atoms with Gasteiger partial charge in [0.05, 0.1) is 18.2 Å². The maximum Gasteiger partial charge on any atom is 0.186 e. The number of fused-ring (bicyclic) bond motifs is 1. The molecule has 1 aliphatic heterocycles. The predicted octanol–water partition coefficient (Wildman–Crippen LogP) is 2.22. The molecule has 4 heterocycles. The van der Waals surface area contributed by atoms with Gasteiger partial charge in [-0.15, -0.1) is 0 Å². The van der Waals surface area contributed by atoms with Gasteiger partial charge in [0.25, 0.3) is 0 Å². The molecule has 3 aromatic heterocycles. The number of imidazole rings is 1. The fourth-order valence-electron chi connectivity index (χ4n) is 3.66. The first kappa shape index (κ1) is 19.4. The first-order chi connectivity index (χ1) is 15.3. The molecular weight excluding hydrogens is 390 g/mol. The van der Waals surface area contributed by atoms with Crippen molar-refractivity contribution in [2.45, 2.75) is 6.42 Å². The largest absolute Gasteiger partial charge is 0.368 e. The van der Waals surface area contributed by atoms with Gasteiger partial charge in [-0.3, -0.25) is 0 Å². The van der Waals surface area contributed by atoms with Gasteiger partial charge in [-0.05, 0) is 7.05 Å². The Labute approximate surface area is 180 Å². The van der Waals surface area contributed by atoms with Crippen molar-refractivity contribution in [1.29, 1.82) is 0 Å². The van der Waals surface area contributed by atoms with Gasteiger partial charge in [0.1, 0.15) is 5.82 Å². The van der Waals surface area contributed by atoms with Crippen molar-refractivity contribution in [3.63, 3.8) is 0 Å². The number of benzene rings is 1. The molecule has 9 nitrogen and oxygen atoms in total. The van der Waals surface area contributed by atoms with E-state index in [-0.39, 0.29) is 0 Å². The topological polar surface area (TPSA) is 98.8 Å². The summed E-state index contributed by atoms with van der Waals surface area (Å²) in [5.74, 6) is 2.19. The molecule has 0 bridgehead atoms. The van der Waals surface area contributed by atoms with Gasteiger partial charge >= 0.3 is 0 Å². The fourth-order valence-corrected chi connectivity index (χ4v) is 3.66. The van der Waals surface area contributed by atoms with Crippen LogP contribution in [0.1, 0.15) is 5.69 Å². The number of hydrogen-bond acceptors (Lipinski definition) is 8. The maximum atomic E-state index is 4.87. The summed E-state index contributed by atoms with van der Waals surface area (Å²) in [5, 5.41) is 3.41. The zero-order valence-corrected chi connectivity index (χ0v) is 17.5. The van der Waals surface area contributed by atoms with Gasteiger partial charge in [0.2, 0.25) is 0 Å². The summed E-state index contributed by atoms with van der Waals surface area (Å²) < 4.78 is 0. The summed E-state index contributed by atoms with van der Waals surface area (Å²) in [6, 6.07) is 9.97. The van der Waals surface area contributed by atoms with Gasteiger partial charge in [-0.2, -0.15) is 0 Å². The molecule has 0 radical (unpaired) electrons. The van der Waals surface area contributed by atoms with Crippen molar-refractivity contribution >= 4 is 22.8 Å². The molecule has 0 atom stereocenters. The van der Waals surface area contributed by atoms with Crippen LogP contribution in [0.3, 0.4) is 0 Å². The number of aromatic nitrogens is 6. The van der Waals surface area contributed by atoms with Crippen molar-refractivity contribution in [3.05, 3.63) is 54.7 Å². The van der Waals surface area contributed by atoms with Gasteiger partial charge in [-0.1, -0.05) is 30.3 Å². The average Bonchev–Trinajstić information content (AvgIpc) is 3.33. The molecule has 0 aliphatic carbocycles. The Morgan fingerprint density at radius 1 is 1.00 bits per heavy atom. The molecule has 9 heteroatoms. The summed E-state index contributed by atoms with van der Waals surface area (Å²) in [6.07, 6.45) is 6.20. The third-order valence-electron chi connectivity index (χ3n) is 5.48. The van der Waals surface area contributed by atoms with Crippen molar-refractivity contribution in [1.82, 2.24) is 34.8 Å². The minimum absolute atomic E-state index is 0.604. The van der Waals surface area contributed by atoms with Crippen molar-refractivity contribution in [2.24, 2.45) is 0 Å². The SMILES string of the molecule is CN1CCN(c2cnc3c(NCCc4c[nH]cn4)nc(-c4ccccc4)nc3n2)CC1. The summed E-state index contributed by atoms with van der Waals surface area (Å²) in [5.41, 5.74) is 3.23. The van der Waals surface area contributed by atoms with E-state index in [1.54, 1.807) is 6.33 Å². The molecule has 158 valence electrons. The first-order valence-electron chi connectivity index (χ1n) is 10.5. The van der Waals surface area contributed by atoms with Crippen LogP contribution in [0.25, 0.3) is 22.6 Å². The standard InChI is InChI=1S/C22H25N9/c1-30-9-11-31(12-10-30)18-14-25-19-21(24-8-7-17-13-23-15-26-17)28-20(29-22(19)27-18)16-5-3-2-4-6-16/h2-6,13-15H,7-12H2,1H3,(H,23,26)(H,24,27,28,29). The monoisotopic (exact) mass is 415 g/mol.